The second-order valence-electron chi connectivity index (χ2n) is 10.3. The summed E-state index contributed by atoms with van der Waals surface area (Å²) in [5.74, 6) is 1.97. The second-order valence-corrected chi connectivity index (χ2v) is 11.3. The maximum absolute atomic E-state index is 13.9. The smallest absolute Gasteiger partial charge is 0.338 e. The fourth-order valence-corrected chi connectivity index (χ4v) is 5.46. The van der Waals surface area contributed by atoms with Gasteiger partial charge in [0.15, 0.2) is 16.3 Å². The average Bonchev–Trinajstić information content (AvgIpc) is 3.21. The molecule has 0 radical (unpaired) electrons. The van der Waals surface area contributed by atoms with Crippen molar-refractivity contribution in [3.8, 4) is 17.2 Å². The second kappa shape index (κ2) is 12.6. The zero-order valence-electron chi connectivity index (χ0n) is 24.0. The fraction of sp³-hybridized carbons (Fsp3) is 0.387. The molecule has 2 heterocycles. The number of allylic oxidation sites excluding steroid dienone is 1. The van der Waals surface area contributed by atoms with Crippen LogP contribution in [-0.2, 0) is 9.53 Å². The van der Waals surface area contributed by atoms with Crippen LogP contribution in [0.5, 0.6) is 17.2 Å². The molecule has 0 bridgehead atoms. The Hall–Kier alpha value is -3.85. The van der Waals surface area contributed by atoms with Crippen molar-refractivity contribution in [2.75, 3.05) is 20.8 Å². The molecule has 1 aromatic heterocycles. The van der Waals surface area contributed by atoms with E-state index in [4.69, 9.17) is 18.9 Å². The normalized spacial score (nSPS) is 15.2. The number of carbonyl (C=O) groups excluding carboxylic acids is 1. The predicted octanol–water partition coefficient (Wildman–Crippen LogP) is 4.63. The van der Waals surface area contributed by atoms with Crippen molar-refractivity contribution in [1.29, 1.82) is 0 Å². The van der Waals surface area contributed by atoms with Crippen LogP contribution in [0.15, 0.2) is 63.5 Å². The zero-order chi connectivity index (χ0) is 29.0. The molecule has 3 aromatic rings. The van der Waals surface area contributed by atoms with Gasteiger partial charge in [-0.25, -0.2) is 9.79 Å². The van der Waals surface area contributed by atoms with E-state index < -0.39 is 12.0 Å². The Balaban J connectivity index is 1.80. The van der Waals surface area contributed by atoms with Gasteiger partial charge in [0.1, 0.15) is 5.75 Å². The number of hydrogen-bond acceptors (Lipinski definition) is 8. The summed E-state index contributed by atoms with van der Waals surface area (Å²) in [4.78, 5) is 32.3. The minimum absolute atomic E-state index is 0.247. The van der Waals surface area contributed by atoms with Crippen LogP contribution < -0.4 is 29.1 Å². The number of carbonyl (C=O) groups is 1. The van der Waals surface area contributed by atoms with Gasteiger partial charge in [0.05, 0.1) is 48.8 Å². The lowest BCUT2D eigenvalue weighted by molar-refractivity contribution is -0.143. The summed E-state index contributed by atoms with van der Waals surface area (Å²) in [5, 5.41) is 0. The van der Waals surface area contributed by atoms with E-state index in [0.717, 1.165) is 17.5 Å². The standard InChI is InChI=1S/C31H36N2O6S/c1-18(2)14-15-38-24-13-8-21(16-25(24)37-7)17-26-29(34)33-28(22-9-11-23(36-6)12-10-22)27(30(35)39-19(3)4)20(5)32-31(33)40-26/h8-13,16-19,28H,14-15H2,1-7H3/b26-17-/t28-/m0/s1. The molecule has 0 N–H and O–H groups in total. The average molecular weight is 565 g/mol. The topological polar surface area (TPSA) is 88.4 Å². The van der Waals surface area contributed by atoms with Crippen LogP contribution in [0.3, 0.4) is 0 Å². The quantitative estimate of drug-likeness (QED) is 0.334. The molecule has 0 saturated carbocycles. The summed E-state index contributed by atoms with van der Waals surface area (Å²) in [6, 6.07) is 12.2. The zero-order valence-corrected chi connectivity index (χ0v) is 24.8. The highest BCUT2D eigenvalue weighted by atomic mass is 32.1. The lowest BCUT2D eigenvalue weighted by atomic mass is 9.96. The molecule has 0 aliphatic carbocycles. The van der Waals surface area contributed by atoms with Crippen molar-refractivity contribution in [1.82, 2.24) is 4.57 Å². The number of nitrogens with zero attached hydrogens (tertiary/aromatic N) is 2. The molecule has 1 aliphatic rings. The number of ether oxygens (including phenoxy) is 4. The van der Waals surface area contributed by atoms with E-state index in [0.29, 0.717) is 50.4 Å². The van der Waals surface area contributed by atoms with Gasteiger partial charge in [0.25, 0.3) is 5.56 Å². The molecule has 8 nitrogen and oxygen atoms in total. The lowest BCUT2D eigenvalue weighted by Gasteiger charge is -2.25. The van der Waals surface area contributed by atoms with Crippen molar-refractivity contribution in [2.45, 2.75) is 53.2 Å². The Labute approximate surface area is 238 Å². The highest BCUT2D eigenvalue weighted by Crippen LogP contribution is 2.32. The maximum Gasteiger partial charge on any atom is 0.338 e. The van der Waals surface area contributed by atoms with Gasteiger partial charge in [-0.05, 0) is 74.6 Å². The highest BCUT2D eigenvalue weighted by molar-refractivity contribution is 7.07. The molecule has 2 aromatic carbocycles. The van der Waals surface area contributed by atoms with Crippen molar-refractivity contribution in [2.24, 2.45) is 10.9 Å². The van der Waals surface area contributed by atoms with Crippen molar-refractivity contribution < 1.29 is 23.7 Å². The molecule has 0 amide bonds. The number of rotatable bonds is 10. The van der Waals surface area contributed by atoms with E-state index in [2.05, 4.69) is 18.8 Å². The number of fused-ring (bicyclic) bond motifs is 1. The van der Waals surface area contributed by atoms with Crippen LogP contribution in [-0.4, -0.2) is 37.5 Å². The Bertz CT molecular complexity index is 1580. The third-order valence-electron chi connectivity index (χ3n) is 6.45. The lowest BCUT2D eigenvalue weighted by Crippen LogP contribution is -2.40. The Morgan fingerprint density at radius 3 is 2.40 bits per heavy atom. The first-order valence-corrected chi connectivity index (χ1v) is 14.1. The SMILES string of the molecule is COc1ccc([C@H]2C(C(=O)OC(C)C)=C(C)N=c3s/c(=C\c4ccc(OCCC(C)C)c(OC)c4)c(=O)n32)cc1. The maximum atomic E-state index is 13.9. The number of methoxy groups -OCH3 is 2. The van der Waals surface area contributed by atoms with E-state index >= 15 is 0 Å². The summed E-state index contributed by atoms with van der Waals surface area (Å²) >= 11 is 1.27. The van der Waals surface area contributed by atoms with Gasteiger partial charge in [0.2, 0.25) is 0 Å². The molecule has 9 heteroatoms. The van der Waals surface area contributed by atoms with E-state index in [-0.39, 0.29) is 11.7 Å². The van der Waals surface area contributed by atoms with Gasteiger partial charge in [-0.15, -0.1) is 0 Å². The molecule has 0 fully saturated rings. The summed E-state index contributed by atoms with van der Waals surface area (Å²) in [7, 11) is 3.19. The molecule has 212 valence electrons. The number of esters is 1. The summed E-state index contributed by atoms with van der Waals surface area (Å²) in [6.45, 7) is 10.2. The molecule has 1 aliphatic heterocycles. The van der Waals surface area contributed by atoms with Crippen molar-refractivity contribution >= 4 is 23.4 Å². The predicted molar refractivity (Wildman–Crippen MR) is 156 cm³/mol. The van der Waals surface area contributed by atoms with Gasteiger partial charge < -0.3 is 18.9 Å². The molecule has 40 heavy (non-hydrogen) atoms. The van der Waals surface area contributed by atoms with E-state index in [1.165, 1.54) is 11.3 Å². The summed E-state index contributed by atoms with van der Waals surface area (Å²) in [6.07, 6.45) is 2.43. The van der Waals surface area contributed by atoms with Crippen LogP contribution in [0.2, 0.25) is 0 Å². The van der Waals surface area contributed by atoms with Crippen molar-refractivity contribution in [3.63, 3.8) is 0 Å². The highest BCUT2D eigenvalue weighted by Gasteiger charge is 2.33. The molecule has 0 unspecified atom stereocenters. The molecule has 1 atom stereocenters. The van der Waals surface area contributed by atoms with Gasteiger partial charge in [-0.2, -0.15) is 0 Å². The molecule has 4 rings (SSSR count). The Morgan fingerprint density at radius 2 is 1.77 bits per heavy atom. The monoisotopic (exact) mass is 564 g/mol. The van der Waals surface area contributed by atoms with Gasteiger partial charge >= 0.3 is 5.97 Å². The Morgan fingerprint density at radius 1 is 1.05 bits per heavy atom. The fourth-order valence-electron chi connectivity index (χ4n) is 4.41. The minimum atomic E-state index is -0.693. The number of hydrogen-bond donors (Lipinski definition) is 0. The van der Waals surface area contributed by atoms with Crippen LogP contribution in [0.4, 0.5) is 0 Å². The largest absolute Gasteiger partial charge is 0.497 e. The first kappa shape index (κ1) is 29.1. The van der Waals surface area contributed by atoms with Gasteiger partial charge in [-0.1, -0.05) is 43.4 Å². The minimum Gasteiger partial charge on any atom is -0.497 e. The first-order chi connectivity index (χ1) is 19.1. The molecular formula is C31H36N2O6S. The number of benzene rings is 2. The third kappa shape index (κ3) is 6.31. The Kier molecular flexibility index (Phi) is 9.14. The van der Waals surface area contributed by atoms with Crippen LogP contribution in [0, 0.1) is 5.92 Å². The molecule has 0 spiro atoms. The summed E-state index contributed by atoms with van der Waals surface area (Å²) in [5.41, 5.74) is 2.15. The number of aromatic nitrogens is 1. The van der Waals surface area contributed by atoms with Gasteiger partial charge in [0, 0.05) is 0 Å². The van der Waals surface area contributed by atoms with Crippen LogP contribution in [0.1, 0.15) is 58.2 Å². The van der Waals surface area contributed by atoms with Crippen molar-refractivity contribution in [3.05, 3.63) is 84.5 Å². The van der Waals surface area contributed by atoms with Gasteiger partial charge in [-0.3, -0.25) is 9.36 Å². The van der Waals surface area contributed by atoms with E-state index in [1.807, 2.05) is 42.5 Å². The summed E-state index contributed by atoms with van der Waals surface area (Å²) < 4.78 is 24.4. The van der Waals surface area contributed by atoms with E-state index in [1.54, 1.807) is 45.6 Å². The van der Waals surface area contributed by atoms with E-state index in [9.17, 15) is 9.59 Å². The van der Waals surface area contributed by atoms with Crippen LogP contribution in [0.25, 0.3) is 6.08 Å². The molecule has 0 saturated heterocycles. The van der Waals surface area contributed by atoms with Crippen LogP contribution >= 0.6 is 11.3 Å². The third-order valence-corrected chi connectivity index (χ3v) is 7.44. The number of thiazole rings is 1. The molecular weight excluding hydrogens is 528 g/mol. The first-order valence-electron chi connectivity index (χ1n) is 13.3.